The van der Waals surface area contributed by atoms with Crippen molar-refractivity contribution in [1.29, 1.82) is 0 Å². The molecular weight excluding hydrogens is 266 g/mol. The second-order valence-corrected chi connectivity index (χ2v) is 5.94. The van der Waals surface area contributed by atoms with Crippen molar-refractivity contribution in [1.82, 2.24) is 5.32 Å². The summed E-state index contributed by atoms with van der Waals surface area (Å²) in [6.07, 6.45) is 2.02. The molecule has 0 amide bonds. The van der Waals surface area contributed by atoms with Gasteiger partial charge in [-0.2, -0.15) is 0 Å². The third-order valence-electron chi connectivity index (χ3n) is 3.71. The molecule has 0 bridgehead atoms. The van der Waals surface area contributed by atoms with Gasteiger partial charge < -0.3 is 19.5 Å². The van der Waals surface area contributed by atoms with Gasteiger partial charge in [0.2, 0.25) is 5.75 Å². The van der Waals surface area contributed by atoms with Gasteiger partial charge in [0.05, 0.1) is 21.3 Å². The Labute approximate surface area is 128 Å². The Morgan fingerprint density at radius 2 is 1.67 bits per heavy atom. The molecule has 0 radical (unpaired) electrons. The van der Waals surface area contributed by atoms with Crippen molar-refractivity contribution in [2.45, 2.75) is 33.6 Å². The summed E-state index contributed by atoms with van der Waals surface area (Å²) < 4.78 is 16.3. The maximum Gasteiger partial charge on any atom is 0.203 e. The van der Waals surface area contributed by atoms with Gasteiger partial charge in [0, 0.05) is 6.54 Å². The number of ether oxygens (including phenoxy) is 3. The fourth-order valence-corrected chi connectivity index (χ4v) is 2.38. The average Bonchev–Trinajstić information content (AvgIpc) is 2.49. The lowest BCUT2D eigenvalue weighted by Crippen LogP contribution is -2.29. The smallest absolute Gasteiger partial charge is 0.203 e. The van der Waals surface area contributed by atoms with Gasteiger partial charge in [-0.05, 0) is 36.4 Å². The van der Waals surface area contributed by atoms with Crippen molar-refractivity contribution < 1.29 is 14.2 Å². The molecule has 0 aliphatic heterocycles. The normalized spacial score (nSPS) is 11.3. The Balaban J connectivity index is 2.88. The molecule has 1 N–H and O–H groups in total. The lowest BCUT2D eigenvalue weighted by molar-refractivity contribution is 0.307. The molecule has 0 saturated heterocycles. The lowest BCUT2D eigenvalue weighted by atomic mass is 9.86. The third kappa shape index (κ3) is 4.81. The lowest BCUT2D eigenvalue weighted by Gasteiger charge is -2.25. The molecule has 21 heavy (non-hydrogen) atoms. The Bertz CT molecular complexity index is 444. The Morgan fingerprint density at radius 3 is 2.19 bits per heavy atom. The van der Waals surface area contributed by atoms with E-state index >= 15 is 0 Å². The van der Waals surface area contributed by atoms with Crippen molar-refractivity contribution in [3.8, 4) is 17.2 Å². The van der Waals surface area contributed by atoms with Crippen LogP contribution in [0.25, 0.3) is 0 Å². The zero-order chi connectivity index (χ0) is 15.9. The first-order valence-corrected chi connectivity index (χ1v) is 7.47. The van der Waals surface area contributed by atoms with Crippen LogP contribution in [0.15, 0.2) is 12.1 Å². The largest absolute Gasteiger partial charge is 0.493 e. The predicted molar refractivity (Wildman–Crippen MR) is 86.7 cm³/mol. The molecule has 0 aliphatic carbocycles. The summed E-state index contributed by atoms with van der Waals surface area (Å²) in [5.74, 6) is 2.14. The number of aryl methyl sites for hydroxylation is 1. The van der Waals surface area contributed by atoms with Gasteiger partial charge in [-0.25, -0.2) is 0 Å². The molecule has 1 aromatic rings. The first kappa shape index (κ1) is 17.6. The van der Waals surface area contributed by atoms with E-state index < -0.39 is 0 Å². The molecule has 0 heterocycles. The molecule has 4 heteroatoms. The number of rotatable bonds is 9. The first-order valence-electron chi connectivity index (χ1n) is 7.47. The highest BCUT2D eigenvalue weighted by molar-refractivity contribution is 5.55. The molecule has 0 aliphatic rings. The number of benzene rings is 1. The molecular formula is C17H29NO3. The van der Waals surface area contributed by atoms with E-state index in [9.17, 15) is 0 Å². The van der Waals surface area contributed by atoms with E-state index in [0.717, 1.165) is 37.2 Å². The fraction of sp³-hybridized carbons (Fsp3) is 0.647. The molecule has 0 spiro atoms. The summed E-state index contributed by atoms with van der Waals surface area (Å²) in [5, 5.41) is 3.42. The van der Waals surface area contributed by atoms with Crippen molar-refractivity contribution in [3.63, 3.8) is 0 Å². The quantitative estimate of drug-likeness (QED) is 0.759. The second kappa shape index (κ2) is 8.13. The Kier molecular flexibility index (Phi) is 6.82. The van der Waals surface area contributed by atoms with Gasteiger partial charge >= 0.3 is 0 Å². The van der Waals surface area contributed by atoms with Gasteiger partial charge in [-0.3, -0.25) is 0 Å². The van der Waals surface area contributed by atoms with Gasteiger partial charge in [0.25, 0.3) is 0 Å². The Morgan fingerprint density at radius 1 is 1.00 bits per heavy atom. The molecule has 0 atom stereocenters. The third-order valence-corrected chi connectivity index (χ3v) is 3.71. The zero-order valence-corrected chi connectivity index (χ0v) is 14.2. The second-order valence-electron chi connectivity index (χ2n) is 5.94. The molecule has 120 valence electrons. The summed E-state index contributed by atoms with van der Waals surface area (Å²) in [6.45, 7) is 8.71. The maximum absolute atomic E-state index is 5.54. The van der Waals surface area contributed by atoms with Crippen molar-refractivity contribution in [2.24, 2.45) is 5.41 Å². The van der Waals surface area contributed by atoms with Crippen LogP contribution in [0.1, 0.15) is 32.8 Å². The van der Waals surface area contributed by atoms with E-state index in [4.69, 9.17) is 14.2 Å². The van der Waals surface area contributed by atoms with Gasteiger partial charge in [0.15, 0.2) is 11.5 Å². The van der Waals surface area contributed by atoms with Crippen LogP contribution in [-0.2, 0) is 6.42 Å². The van der Waals surface area contributed by atoms with Crippen LogP contribution in [-0.4, -0.2) is 34.4 Å². The van der Waals surface area contributed by atoms with E-state index in [1.54, 1.807) is 21.3 Å². The molecule has 0 unspecified atom stereocenters. The topological polar surface area (TPSA) is 39.7 Å². The van der Waals surface area contributed by atoms with Crippen LogP contribution in [0.4, 0.5) is 0 Å². The van der Waals surface area contributed by atoms with E-state index in [1.807, 2.05) is 6.07 Å². The first-order chi connectivity index (χ1) is 9.99. The zero-order valence-electron chi connectivity index (χ0n) is 14.2. The summed E-state index contributed by atoms with van der Waals surface area (Å²) in [7, 11) is 4.94. The highest BCUT2D eigenvalue weighted by Crippen LogP contribution is 2.40. The van der Waals surface area contributed by atoms with Crippen molar-refractivity contribution >= 4 is 0 Å². The minimum absolute atomic E-state index is 0.244. The summed E-state index contributed by atoms with van der Waals surface area (Å²) >= 11 is 0. The highest BCUT2D eigenvalue weighted by atomic mass is 16.5. The molecule has 0 aromatic heterocycles. The van der Waals surface area contributed by atoms with Crippen molar-refractivity contribution in [2.75, 3.05) is 34.4 Å². The molecule has 0 fully saturated rings. The average molecular weight is 295 g/mol. The number of methoxy groups -OCH3 is 3. The van der Waals surface area contributed by atoms with Crippen LogP contribution in [0.2, 0.25) is 0 Å². The van der Waals surface area contributed by atoms with Gasteiger partial charge in [-0.15, -0.1) is 0 Å². The van der Waals surface area contributed by atoms with Crippen molar-refractivity contribution in [3.05, 3.63) is 17.7 Å². The number of nitrogens with one attached hydrogen (secondary N) is 1. The fourth-order valence-electron chi connectivity index (χ4n) is 2.38. The Hall–Kier alpha value is -1.42. The summed E-state index contributed by atoms with van der Waals surface area (Å²) in [5.41, 5.74) is 1.40. The van der Waals surface area contributed by atoms with Crippen LogP contribution in [0.3, 0.4) is 0 Å². The minimum atomic E-state index is 0.244. The standard InChI is InChI=1S/C17H29NO3/c1-7-18-12-17(2,3)11-10-13-8-9-14(19-4)16(21-6)15(13)20-5/h8-9,18H,7,10-12H2,1-6H3. The highest BCUT2D eigenvalue weighted by Gasteiger charge is 2.20. The van der Waals surface area contributed by atoms with E-state index in [0.29, 0.717) is 11.5 Å². The number of hydrogen-bond acceptors (Lipinski definition) is 4. The van der Waals surface area contributed by atoms with Crippen LogP contribution >= 0.6 is 0 Å². The summed E-state index contributed by atoms with van der Waals surface area (Å²) in [4.78, 5) is 0. The molecule has 1 rings (SSSR count). The predicted octanol–water partition coefficient (Wildman–Crippen LogP) is 3.28. The maximum atomic E-state index is 5.54. The van der Waals surface area contributed by atoms with E-state index in [-0.39, 0.29) is 5.41 Å². The van der Waals surface area contributed by atoms with Crippen LogP contribution in [0, 0.1) is 5.41 Å². The van der Waals surface area contributed by atoms with Crippen LogP contribution in [0.5, 0.6) is 17.2 Å². The molecule has 0 saturated carbocycles. The van der Waals surface area contributed by atoms with E-state index in [1.165, 1.54) is 0 Å². The monoisotopic (exact) mass is 295 g/mol. The molecule has 4 nitrogen and oxygen atoms in total. The van der Waals surface area contributed by atoms with Crippen LogP contribution < -0.4 is 19.5 Å². The minimum Gasteiger partial charge on any atom is -0.493 e. The number of hydrogen-bond donors (Lipinski definition) is 1. The SMILES string of the molecule is CCNCC(C)(C)CCc1ccc(OC)c(OC)c1OC. The van der Waals surface area contributed by atoms with Gasteiger partial charge in [-0.1, -0.05) is 26.8 Å². The molecule has 1 aromatic carbocycles. The van der Waals surface area contributed by atoms with E-state index in [2.05, 4.69) is 32.2 Å². The summed E-state index contributed by atoms with van der Waals surface area (Å²) in [6, 6.07) is 4.00. The van der Waals surface area contributed by atoms with Gasteiger partial charge in [0.1, 0.15) is 0 Å².